The van der Waals surface area contributed by atoms with Crippen molar-refractivity contribution < 1.29 is 19.2 Å². The highest BCUT2D eigenvalue weighted by atomic mass is 16.2. The van der Waals surface area contributed by atoms with Crippen LogP contribution in [-0.4, -0.2) is 47.8 Å². The van der Waals surface area contributed by atoms with Gasteiger partial charge in [-0.05, 0) is 56.7 Å². The summed E-state index contributed by atoms with van der Waals surface area (Å²) in [6.07, 6.45) is 1.39. The van der Waals surface area contributed by atoms with Crippen molar-refractivity contribution in [3.8, 4) is 0 Å². The SMILES string of the molecule is Cc1ccc(N2C(=O)N(CC(=O)Nc3ccc(N4CCCC4=O)cc3)C(=O)[C@@H]2C)cc1. The molecule has 2 fully saturated rings. The molecule has 160 valence electrons. The Morgan fingerprint density at radius 1 is 1.00 bits per heavy atom. The Morgan fingerprint density at radius 2 is 1.65 bits per heavy atom. The molecule has 5 amide bonds. The molecule has 0 bridgehead atoms. The third-order valence-corrected chi connectivity index (χ3v) is 5.60. The van der Waals surface area contributed by atoms with Gasteiger partial charge in [-0.15, -0.1) is 0 Å². The number of rotatable bonds is 5. The van der Waals surface area contributed by atoms with Gasteiger partial charge in [0.15, 0.2) is 0 Å². The predicted molar refractivity (Wildman–Crippen MR) is 117 cm³/mol. The van der Waals surface area contributed by atoms with Gasteiger partial charge >= 0.3 is 6.03 Å². The van der Waals surface area contributed by atoms with Crippen LogP contribution < -0.4 is 15.1 Å². The molecule has 8 heteroatoms. The van der Waals surface area contributed by atoms with Gasteiger partial charge in [-0.3, -0.25) is 24.2 Å². The predicted octanol–water partition coefficient (Wildman–Crippen LogP) is 2.92. The van der Waals surface area contributed by atoms with Crippen LogP contribution in [0.25, 0.3) is 0 Å². The van der Waals surface area contributed by atoms with Gasteiger partial charge < -0.3 is 10.2 Å². The molecule has 2 heterocycles. The fourth-order valence-electron chi connectivity index (χ4n) is 3.90. The highest BCUT2D eigenvalue weighted by molar-refractivity contribution is 6.16. The van der Waals surface area contributed by atoms with Gasteiger partial charge in [-0.1, -0.05) is 17.7 Å². The Labute approximate surface area is 180 Å². The van der Waals surface area contributed by atoms with E-state index in [0.717, 1.165) is 22.6 Å². The molecule has 0 saturated carbocycles. The maximum absolute atomic E-state index is 12.8. The van der Waals surface area contributed by atoms with E-state index < -0.39 is 23.9 Å². The number of nitrogens with zero attached hydrogens (tertiary/aromatic N) is 3. The molecule has 8 nitrogen and oxygen atoms in total. The molecule has 0 aliphatic carbocycles. The molecule has 0 aromatic heterocycles. The number of imide groups is 1. The lowest BCUT2D eigenvalue weighted by Crippen LogP contribution is -2.39. The third-order valence-electron chi connectivity index (χ3n) is 5.60. The second-order valence-corrected chi connectivity index (χ2v) is 7.83. The van der Waals surface area contributed by atoms with Crippen molar-refractivity contribution in [2.75, 3.05) is 28.2 Å². The summed E-state index contributed by atoms with van der Waals surface area (Å²) in [6.45, 7) is 3.92. The lowest BCUT2D eigenvalue weighted by Gasteiger charge is -2.19. The van der Waals surface area contributed by atoms with Crippen LogP contribution in [0.3, 0.4) is 0 Å². The minimum atomic E-state index is -0.680. The first-order chi connectivity index (χ1) is 14.8. The summed E-state index contributed by atoms with van der Waals surface area (Å²) in [7, 11) is 0. The lowest BCUT2D eigenvalue weighted by atomic mass is 10.2. The first-order valence-corrected chi connectivity index (χ1v) is 10.3. The number of benzene rings is 2. The standard InChI is InChI=1S/C23H24N4O4/c1-15-5-9-19(10-6-15)27-16(2)22(30)26(23(27)31)14-20(28)24-17-7-11-18(12-8-17)25-13-3-4-21(25)29/h5-12,16H,3-4,13-14H2,1-2H3,(H,24,28)/t16-/m0/s1. The van der Waals surface area contributed by atoms with Crippen LogP contribution in [0.15, 0.2) is 48.5 Å². The van der Waals surface area contributed by atoms with E-state index in [4.69, 9.17) is 0 Å². The molecule has 1 atom stereocenters. The molecule has 2 saturated heterocycles. The zero-order chi connectivity index (χ0) is 22.1. The van der Waals surface area contributed by atoms with Crippen molar-refractivity contribution in [2.24, 2.45) is 0 Å². The van der Waals surface area contributed by atoms with Crippen LogP contribution in [0.4, 0.5) is 21.9 Å². The summed E-state index contributed by atoms with van der Waals surface area (Å²) in [5.41, 5.74) is 2.98. The molecule has 0 unspecified atom stereocenters. The number of carbonyl (C=O) groups is 4. The molecule has 2 aliphatic heterocycles. The quantitative estimate of drug-likeness (QED) is 0.753. The third kappa shape index (κ3) is 4.01. The van der Waals surface area contributed by atoms with Crippen molar-refractivity contribution >= 4 is 40.8 Å². The molecule has 4 rings (SSSR count). The molecule has 2 aromatic carbocycles. The Balaban J connectivity index is 1.41. The van der Waals surface area contributed by atoms with Crippen LogP contribution in [-0.2, 0) is 14.4 Å². The van der Waals surface area contributed by atoms with Gasteiger partial charge in [0.05, 0.1) is 0 Å². The number of nitrogens with one attached hydrogen (secondary N) is 1. The molecular weight excluding hydrogens is 396 g/mol. The van der Waals surface area contributed by atoms with Gasteiger partial charge in [0.1, 0.15) is 12.6 Å². The second kappa shape index (κ2) is 8.22. The van der Waals surface area contributed by atoms with Crippen molar-refractivity contribution in [2.45, 2.75) is 32.7 Å². The van der Waals surface area contributed by atoms with Gasteiger partial charge in [0.2, 0.25) is 11.8 Å². The minimum absolute atomic E-state index is 0.0927. The zero-order valence-corrected chi connectivity index (χ0v) is 17.5. The summed E-state index contributed by atoms with van der Waals surface area (Å²) < 4.78 is 0. The van der Waals surface area contributed by atoms with Crippen LogP contribution in [0.5, 0.6) is 0 Å². The smallest absolute Gasteiger partial charge is 0.325 e. The number of urea groups is 1. The Bertz CT molecular complexity index is 1030. The Kier molecular flexibility index (Phi) is 5.46. The average Bonchev–Trinajstić information content (AvgIpc) is 3.26. The van der Waals surface area contributed by atoms with Gasteiger partial charge in [-0.2, -0.15) is 0 Å². The number of carbonyl (C=O) groups excluding carboxylic acids is 4. The van der Waals surface area contributed by atoms with Crippen molar-refractivity contribution in [1.82, 2.24) is 4.90 Å². The monoisotopic (exact) mass is 420 g/mol. The number of anilines is 3. The first kappa shape index (κ1) is 20.6. The zero-order valence-electron chi connectivity index (χ0n) is 17.5. The highest BCUT2D eigenvalue weighted by Crippen LogP contribution is 2.26. The summed E-state index contributed by atoms with van der Waals surface area (Å²) in [6, 6.07) is 13.1. The van der Waals surface area contributed by atoms with E-state index in [1.165, 1.54) is 4.90 Å². The summed E-state index contributed by atoms with van der Waals surface area (Å²) in [4.78, 5) is 53.9. The van der Waals surface area contributed by atoms with E-state index in [0.29, 0.717) is 24.3 Å². The maximum Gasteiger partial charge on any atom is 0.332 e. The fourth-order valence-corrected chi connectivity index (χ4v) is 3.90. The topological polar surface area (TPSA) is 90.0 Å². The van der Waals surface area contributed by atoms with Crippen LogP contribution in [0.2, 0.25) is 0 Å². The number of hydrogen-bond acceptors (Lipinski definition) is 4. The van der Waals surface area contributed by atoms with Crippen molar-refractivity contribution in [3.05, 3.63) is 54.1 Å². The fraction of sp³-hybridized carbons (Fsp3) is 0.304. The van der Waals surface area contributed by atoms with Gasteiger partial charge in [0, 0.05) is 30.0 Å². The maximum atomic E-state index is 12.8. The van der Waals surface area contributed by atoms with E-state index in [2.05, 4.69) is 5.32 Å². The molecule has 2 aliphatic rings. The van der Waals surface area contributed by atoms with E-state index in [-0.39, 0.29) is 12.5 Å². The summed E-state index contributed by atoms with van der Waals surface area (Å²) in [5, 5.41) is 2.71. The first-order valence-electron chi connectivity index (χ1n) is 10.3. The second-order valence-electron chi connectivity index (χ2n) is 7.83. The number of hydrogen-bond donors (Lipinski definition) is 1. The molecule has 31 heavy (non-hydrogen) atoms. The molecule has 0 radical (unpaired) electrons. The highest BCUT2D eigenvalue weighted by Gasteiger charge is 2.44. The molecule has 0 spiro atoms. The summed E-state index contributed by atoms with van der Waals surface area (Å²) >= 11 is 0. The van der Waals surface area contributed by atoms with Crippen molar-refractivity contribution in [3.63, 3.8) is 0 Å². The average molecular weight is 420 g/mol. The molecule has 2 aromatic rings. The van der Waals surface area contributed by atoms with Crippen LogP contribution >= 0.6 is 0 Å². The number of aryl methyl sites for hydroxylation is 1. The Hall–Kier alpha value is -3.68. The lowest BCUT2D eigenvalue weighted by molar-refractivity contribution is -0.130. The number of amides is 5. The molecule has 1 N–H and O–H groups in total. The minimum Gasteiger partial charge on any atom is -0.325 e. The van der Waals surface area contributed by atoms with E-state index in [9.17, 15) is 19.2 Å². The normalized spacial score (nSPS) is 18.8. The van der Waals surface area contributed by atoms with E-state index >= 15 is 0 Å². The largest absolute Gasteiger partial charge is 0.332 e. The van der Waals surface area contributed by atoms with Gasteiger partial charge in [0.25, 0.3) is 5.91 Å². The molecular formula is C23H24N4O4. The van der Waals surface area contributed by atoms with Crippen molar-refractivity contribution in [1.29, 1.82) is 0 Å². The Morgan fingerprint density at radius 3 is 2.26 bits per heavy atom. The van der Waals surface area contributed by atoms with Crippen LogP contribution in [0.1, 0.15) is 25.3 Å². The van der Waals surface area contributed by atoms with E-state index in [1.807, 2.05) is 19.1 Å². The van der Waals surface area contributed by atoms with Crippen LogP contribution in [0, 0.1) is 6.92 Å². The van der Waals surface area contributed by atoms with Gasteiger partial charge in [-0.25, -0.2) is 4.79 Å². The van der Waals surface area contributed by atoms with E-state index in [1.54, 1.807) is 48.2 Å². The summed E-state index contributed by atoms with van der Waals surface area (Å²) in [5.74, 6) is -0.789.